The molecule has 1 aromatic carbocycles. The topological polar surface area (TPSA) is 61.8 Å². The van der Waals surface area contributed by atoms with Crippen LogP contribution < -0.4 is 10.6 Å². The average Bonchev–Trinajstić information content (AvgIpc) is 2.30. The maximum atomic E-state index is 14.2. The summed E-state index contributed by atoms with van der Waals surface area (Å²) in [6, 6.07) is 3.24. The molecule has 6 heteroatoms. The van der Waals surface area contributed by atoms with Gasteiger partial charge in [0.2, 0.25) is 0 Å². The van der Waals surface area contributed by atoms with Crippen LogP contribution in [0.4, 0.5) is 10.1 Å². The molecule has 3 N–H and O–H groups in total. The van der Waals surface area contributed by atoms with Crippen molar-refractivity contribution in [3.63, 3.8) is 0 Å². The Bertz CT molecular complexity index is 463. The van der Waals surface area contributed by atoms with E-state index in [0.717, 1.165) is 6.54 Å². The van der Waals surface area contributed by atoms with Crippen LogP contribution in [0.3, 0.4) is 0 Å². The molecule has 0 atom stereocenters. The summed E-state index contributed by atoms with van der Waals surface area (Å²) in [5.41, 5.74) is 6.27. The number of nitrogens with zero attached hydrogens (tertiary/aromatic N) is 2. The van der Waals surface area contributed by atoms with Crippen LogP contribution in [-0.4, -0.2) is 24.6 Å². The molecule has 0 heterocycles. The maximum Gasteiger partial charge on any atom is 0.171 e. The minimum Gasteiger partial charge on any atom is -0.409 e. The van der Waals surface area contributed by atoms with E-state index in [1.165, 1.54) is 0 Å². The second-order valence-corrected chi connectivity index (χ2v) is 5.31. The first-order chi connectivity index (χ1) is 8.38. The van der Waals surface area contributed by atoms with Crippen LogP contribution >= 0.6 is 15.9 Å². The van der Waals surface area contributed by atoms with Crippen molar-refractivity contribution in [3.8, 4) is 0 Å². The number of hydrogen-bond donors (Lipinski definition) is 2. The van der Waals surface area contributed by atoms with Gasteiger partial charge in [0, 0.05) is 19.2 Å². The normalized spacial score (nSPS) is 12.0. The van der Waals surface area contributed by atoms with E-state index >= 15 is 0 Å². The van der Waals surface area contributed by atoms with Gasteiger partial charge in [-0.1, -0.05) is 19.0 Å². The largest absolute Gasteiger partial charge is 0.409 e. The molecular weight excluding hydrogens is 301 g/mol. The highest BCUT2D eigenvalue weighted by Crippen LogP contribution is 2.29. The van der Waals surface area contributed by atoms with E-state index in [4.69, 9.17) is 10.9 Å². The molecule has 0 unspecified atom stereocenters. The zero-order valence-electron chi connectivity index (χ0n) is 10.6. The Kier molecular flexibility index (Phi) is 4.95. The van der Waals surface area contributed by atoms with Gasteiger partial charge in [-0.2, -0.15) is 0 Å². The Labute approximate surface area is 114 Å². The third kappa shape index (κ3) is 3.13. The van der Waals surface area contributed by atoms with Crippen molar-refractivity contribution in [2.75, 3.05) is 18.5 Å². The lowest BCUT2D eigenvalue weighted by Gasteiger charge is -2.23. The summed E-state index contributed by atoms with van der Waals surface area (Å²) in [6.07, 6.45) is 0. The van der Waals surface area contributed by atoms with Gasteiger partial charge in [-0.05, 0) is 34.0 Å². The van der Waals surface area contributed by atoms with Crippen LogP contribution in [0.5, 0.6) is 0 Å². The molecule has 0 amide bonds. The number of rotatable bonds is 4. The first-order valence-corrected chi connectivity index (χ1v) is 6.34. The number of oxime groups is 1. The highest BCUT2D eigenvalue weighted by molar-refractivity contribution is 9.10. The Hall–Kier alpha value is -1.30. The summed E-state index contributed by atoms with van der Waals surface area (Å²) in [5.74, 6) is -0.113. The van der Waals surface area contributed by atoms with Crippen molar-refractivity contribution >= 4 is 27.5 Å². The molecule has 0 spiro atoms. The fourth-order valence-corrected chi connectivity index (χ4v) is 2.27. The third-order valence-corrected chi connectivity index (χ3v) is 3.27. The number of benzene rings is 1. The smallest absolute Gasteiger partial charge is 0.171 e. The number of nitrogens with two attached hydrogens (primary N) is 1. The van der Waals surface area contributed by atoms with Crippen molar-refractivity contribution < 1.29 is 9.60 Å². The average molecular weight is 318 g/mol. The molecule has 0 saturated heterocycles. The van der Waals surface area contributed by atoms with Crippen LogP contribution in [0.25, 0.3) is 0 Å². The predicted octanol–water partition coefficient (Wildman–Crippen LogP) is 2.77. The van der Waals surface area contributed by atoms with E-state index in [0.29, 0.717) is 17.2 Å². The monoisotopic (exact) mass is 317 g/mol. The summed E-state index contributed by atoms with van der Waals surface area (Å²) < 4.78 is 14.4. The molecule has 4 nitrogen and oxygen atoms in total. The standard InChI is InChI=1S/C12H17BrFN3O/c1-7(2)6-17(3)9-5-4-8(12(15)16-18)10(13)11(9)14/h4-5,7,18H,6H2,1-3H3,(H2,15,16). The highest BCUT2D eigenvalue weighted by atomic mass is 79.9. The van der Waals surface area contributed by atoms with Crippen LogP contribution in [0, 0.1) is 11.7 Å². The SMILES string of the molecule is CC(C)CN(C)c1ccc(/C(N)=N/O)c(Br)c1F. The molecule has 0 aromatic heterocycles. The molecule has 1 rings (SSSR count). The van der Waals surface area contributed by atoms with Gasteiger partial charge >= 0.3 is 0 Å². The minimum atomic E-state index is -0.415. The molecule has 0 saturated carbocycles. The van der Waals surface area contributed by atoms with Crippen molar-refractivity contribution in [1.29, 1.82) is 0 Å². The van der Waals surface area contributed by atoms with Crippen molar-refractivity contribution in [1.82, 2.24) is 0 Å². The molecule has 0 aliphatic heterocycles. The van der Waals surface area contributed by atoms with Crippen molar-refractivity contribution in [2.24, 2.45) is 16.8 Å². The molecule has 0 aliphatic carbocycles. The van der Waals surface area contributed by atoms with Gasteiger partial charge in [0.15, 0.2) is 11.7 Å². The lowest BCUT2D eigenvalue weighted by Crippen LogP contribution is -2.24. The quantitative estimate of drug-likeness (QED) is 0.388. The van der Waals surface area contributed by atoms with E-state index in [2.05, 4.69) is 34.9 Å². The molecule has 0 aliphatic rings. The van der Waals surface area contributed by atoms with Gasteiger partial charge in [0.05, 0.1) is 10.2 Å². The molecular formula is C12H17BrFN3O. The minimum absolute atomic E-state index is 0.126. The number of halogens is 2. The summed E-state index contributed by atoms with van der Waals surface area (Å²) >= 11 is 3.13. The van der Waals surface area contributed by atoms with Gasteiger partial charge in [-0.25, -0.2) is 4.39 Å². The van der Waals surface area contributed by atoms with Gasteiger partial charge in [-0.3, -0.25) is 0 Å². The summed E-state index contributed by atoms with van der Waals surface area (Å²) in [4.78, 5) is 1.83. The fourth-order valence-electron chi connectivity index (χ4n) is 1.73. The first kappa shape index (κ1) is 14.8. The maximum absolute atomic E-state index is 14.2. The summed E-state index contributed by atoms with van der Waals surface area (Å²) in [7, 11) is 1.83. The molecule has 100 valence electrons. The number of anilines is 1. The lowest BCUT2D eigenvalue weighted by atomic mass is 10.1. The van der Waals surface area contributed by atoms with E-state index in [-0.39, 0.29) is 10.3 Å². The van der Waals surface area contributed by atoms with Crippen LogP contribution in [-0.2, 0) is 0 Å². The third-order valence-electron chi connectivity index (χ3n) is 2.50. The molecule has 0 fully saturated rings. The Morgan fingerprint density at radius 1 is 1.56 bits per heavy atom. The lowest BCUT2D eigenvalue weighted by molar-refractivity contribution is 0.318. The van der Waals surface area contributed by atoms with Crippen LogP contribution in [0.15, 0.2) is 21.8 Å². The highest BCUT2D eigenvalue weighted by Gasteiger charge is 2.16. The number of amidine groups is 1. The van der Waals surface area contributed by atoms with Gasteiger partial charge in [0.1, 0.15) is 0 Å². The van der Waals surface area contributed by atoms with Crippen molar-refractivity contribution in [3.05, 3.63) is 28.0 Å². The first-order valence-electron chi connectivity index (χ1n) is 5.55. The van der Waals surface area contributed by atoms with Crippen LogP contribution in [0.1, 0.15) is 19.4 Å². The second kappa shape index (κ2) is 6.04. The van der Waals surface area contributed by atoms with Gasteiger partial charge < -0.3 is 15.8 Å². The zero-order chi connectivity index (χ0) is 13.9. The summed E-state index contributed by atoms with van der Waals surface area (Å²) in [6.45, 7) is 4.87. The van der Waals surface area contributed by atoms with Crippen LogP contribution in [0.2, 0.25) is 0 Å². The van der Waals surface area contributed by atoms with E-state index < -0.39 is 5.82 Å². The molecule has 0 bridgehead atoms. The Balaban J connectivity index is 3.16. The molecule has 0 radical (unpaired) electrons. The van der Waals surface area contributed by atoms with Gasteiger partial charge in [-0.15, -0.1) is 0 Å². The van der Waals surface area contributed by atoms with Crippen molar-refractivity contribution in [2.45, 2.75) is 13.8 Å². The summed E-state index contributed by atoms with van der Waals surface area (Å²) in [5, 5.41) is 11.5. The Morgan fingerprint density at radius 2 is 2.17 bits per heavy atom. The van der Waals surface area contributed by atoms with E-state index in [9.17, 15) is 4.39 Å². The van der Waals surface area contributed by atoms with E-state index in [1.54, 1.807) is 12.1 Å². The second-order valence-electron chi connectivity index (χ2n) is 4.52. The van der Waals surface area contributed by atoms with Gasteiger partial charge in [0.25, 0.3) is 0 Å². The predicted molar refractivity (Wildman–Crippen MR) is 74.7 cm³/mol. The zero-order valence-corrected chi connectivity index (χ0v) is 12.2. The fraction of sp³-hybridized carbons (Fsp3) is 0.417. The Morgan fingerprint density at radius 3 is 2.67 bits per heavy atom. The molecule has 1 aromatic rings. The number of hydrogen-bond acceptors (Lipinski definition) is 3. The van der Waals surface area contributed by atoms with E-state index in [1.807, 2.05) is 11.9 Å². The molecule has 18 heavy (non-hydrogen) atoms.